The zero-order chi connectivity index (χ0) is 18.1. The summed E-state index contributed by atoms with van der Waals surface area (Å²) in [6.07, 6.45) is 2.47. The summed E-state index contributed by atoms with van der Waals surface area (Å²) in [5.74, 6) is -4.43. The van der Waals surface area contributed by atoms with Gasteiger partial charge in [-0.1, -0.05) is 0 Å². The summed E-state index contributed by atoms with van der Waals surface area (Å²) in [5, 5.41) is 15.3. The van der Waals surface area contributed by atoms with Crippen LogP contribution in [0.1, 0.15) is 24.2 Å². The molecule has 2 N–H and O–H groups in total. The average Bonchev–Trinajstić information content (AvgIpc) is 2.98. The molecule has 0 radical (unpaired) electrons. The summed E-state index contributed by atoms with van der Waals surface area (Å²) >= 11 is 0. The normalized spacial score (nSPS) is 11.2. The van der Waals surface area contributed by atoms with Gasteiger partial charge in [0.1, 0.15) is 11.4 Å². The highest BCUT2D eigenvalue weighted by Crippen LogP contribution is 2.26. The number of methoxy groups -OCH3 is 1. The van der Waals surface area contributed by atoms with E-state index >= 15 is 0 Å². The van der Waals surface area contributed by atoms with Crippen LogP contribution in [0.5, 0.6) is 5.75 Å². The van der Waals surface area contributed by atoms with Crippen molar-refractivity contribution in [2.45, 2.75) is 19.4 Å². The van der Waals surface area contributed by atoms with Crippen LogP contribution < -0.4 is 10.1 Å². The summed E-state index contributed by atoms with van der Waals surface area (Å²) in [5.41, 5.74) is -1.81. The van der Waals surface area contributed by atoms with Crippen molar-refractivity contribution >= 4 is 17.6 Å². The number of amides is 1. The molecule has 0 saturated carbocycles. The number of hydrogen-bond donors (Lipinski definition) is 2. The van der Waals surface area contributed by atoms with Crippen LogP contribution in [-0.4, -0.2) is 33.9 Å². The fraction of sp³-hybridized carbons (Fsp3) is 0.267. The first-order valence-corrected chi connectivity index (χ1v) is 6.80. The quantitative estimate of drug-likeness (QED) is 0.871. The minimum Gasteiger partial charge on any atom is -0.493 e. The Balaban J connectivity index is 2.31. The Bertz CT molecular complexity index is 802. The van der Waals surface area contributed by atoms with Crippen LogP contribution in [-0.2, 0) is 10.3 Å². The predicted octanol–water partition coefficient (Wildman–Crippen LogP) is 2.24. The number of anilines is 1. The Hall–Kier alpha value is -2.97. The summed E-state index contributed by atoms with van der Waals surface area (Å²) in [6, 6.07) is 1.65. The summed E-state index contributed by atoms with van der Waals surface area (Å²) in [7, 11) is 1.11. The standard InChI is InChI=1S/C15H15F2N3O4/c1-15(2,14(22)23)20-7-8(6-18-20)19-13(21)11-9(16)4-5-10(17)12(11)24-3/h4-7H,1-3H3,(H,19,21)(H,22,23). The summed E-state index contributed by atoms with van der Waals surface area (Å²) < 4.78 is 33.4. The number of rotatable bonds is 5. The molecule has 2 rings (SSSR count). The fourth-order valence-electron chi connectivity index (χ4n) is 1.93. The van der Waals surface area contributed by atoms with Crippen molar-refractivity contribution in [3.8, 4) is 5.75 Å². The maximum atomic E-state index is 13.9. The lowest BCUT2D eigenvalue weighted by Crippen LogP contribution is -2.35. The second kappa shape index (κ2) is 6.26. The van der Waals surface area contributed by atoms with Crippen LogP contribution in [0, 0.1) is 11.6 Å². The number of carboxylic acid groups (broad SMARTS) is 1. The van der Waals surface area contributed by atoms with Crippen molar-refractivity contribution in [3.63, 3.8) is 0 Å². The van der Waals surface area contributed by atoms with Gasteiger partial charge in [-0.25, -0.2) is 13.6 Å². The molecule has 0 aliphatic carbocycles. The van der Waals surface area contributed by atoms with Crippen LogP contribution in [0.15, 0.2) is 24.5 Å². The molecule has 1 aromatic heterocycles. The third-order valence-electron chi connectivity index (χ3n) is 3.43. The van der Waals surface area contributed by atoms with Crippen molar-refractivity contribution < 1.29 is 28.2 Å². The molecule has 0 saturated heterocycles. The minimum absolute atomic E-state index is 0.125. The van der Waals surface area contributed by atoms with E-state index in [0.29, 0.717) is 0 Å². The minimum atomic E-state index is -1.34. The Labute approximate surface area is 135 Å². The number of nitrogens with one attached hydrogen (secondary N) is 1. The molecule has 0 aliphatic heterocycles. The van der Waals surface area contributed by atoms with Crippen LogP contribution in [0.4, 0.5) is 14.5 Å². The number of halogens is 2. The first-order chi connectivity index (χ1) is 11.2. The van der Waals surface area contributed by atoms with Crippen molar-refractivity contribution in [2.75, 3.05) is 12.4 Å². The molecule has 0 spiro atoms. The predicted molar refractivity (Wildman–Crippen MR) is 80.0 cm³/mol. The number of ether oxygens (including phenoxy) is 1. The van der Waals surface area contributed by atoms with Gasteiger partial charge in [0, 0.05) is 6.20 Å². The number of carbonyl (C=O) groups excluding carboxylic acids is 1. The zero-order valence-corrected chi connectivity index (χ0v) is 13.1. The number of benzene rings is 1. The Morgan fingerprint density at radius 1 is 1.29 bits per heavy atom. The molecule has 0 bridgehead atoms. The van der Waals surface area contributed by atoms with E-state index in [0.717, 1.165) is 23.9 Å². The lowest BCUT2D eigenvalue weighted by molar-refractivity contribution is -0.146. The highest BCUT2D eigenvalue weighted by molar-refractivity contribution is 6.06. The van der Waals surface area contributed by atoms with E-state index in [1.807, 2.05) is 0 Å². The number of hydrogen-bond acceptors (Lipinski definition) is 4. The van der Waals surface area contributed by atoms with Crippen molar-refractivity contribution in [3.05, 3.63) is 41.7 Å². The van der Waals surface area contributed by atoms with Gasteiger partial charge in [-0.15, -0.1) is 0 Å². The first kappa shape index (κ1) is 17.4. The largest absolute Gasteiger partial charge is 0.493 e. The first-order valence-electron chi connectivity index (χ1n) is 6.80. The van der Waals surface area contributed by atoms with Gasteiger partial charge in [0.15, 0.2) is 17.1 Å². The van der Waals surface area contributed by atoms with Crippen molar-refractivity contribution in [1.29, 1.82) is 0 Å². The van der Waals surface area contributed by atoms with Crippen molar-refractivity contribution in [2.24, 2.45) is 0 Å². The van der Waals surface area contributed by atoms with Crippen LogP contribution in [0.25, 0.3) is 0 Å². The monoisotopic (exact) mass is 339 g/mol. The average molecular weight is 339 g/mol. The summed E-state index contributed by atoms with van der Waals surface area (Å²) in [6.45, 7) is 2.84. The van der Waals surface area contributed by atoms with Gasteiger partial charge >= 0.3 is 5.97 Å². The summed E-state index contributed by atoms with van der Waals surface area (Å²) in [4.78, 5) is 23.4. The van der Waals surface area contributed by atoms with Gasteiger partial charge in [0.05, 0.1) is 19.0 Å². The van der Waals surface area contributed by atoms with E-state index in [9.17, 15) is 18.4 Å². The number of nitrogens with zero attached hydrogens (tertiary/aromatic N) is 2. The van der Waals surface area contributed by atoms with Gasteiger partial charge in [-0.05, 0) is 26.0 Å². The molecule has 0 atom stereocenters. The maximum absolute atomic E-state index is 13.9. The number of carboxylic acids is 1. The van der Waals surface area contributed by atoms with Gasteiger partial charge in [-0.3, -0.25) is 9.48 Å². The smallest absolute Gasteiger partial charge is 0.331 e. The highest BCUT2D eigenvalue weighted by Gasteiger charge is 2.30. The van der Waals surface area contributed by atoms with E-state index in [1.165, 1.54) is 26.2 Å². The lowest BCUT2D eigenvalue weighted by atomic mass is 10.1. The van der Waals surface area contributed by atoms with Gasteiger partial charge in [0.25, 0.3) is 5.91 Å². The van der Waals surface area contributed by atoms with Crippen LogP contribution in [0.3, 0.4) is 0 Å². The molecular weight excluding hydrogens is 324 g/mol. The Morgan fingerprint density at radius 3 is 2.50 bits per heavy atom. The molecule has 9 heteroatoms. The molecular formula is C15H15F2N3O4. The van der Waals surface area contributed by atoms with Gasteiger partial charge in [0.2, 0.25) is 0 Å². The Morgan fingerprint density at radius 2 is 1.92 bits per heavy atom. The molecule has 2 aromatic rings. The van der Waals surface area contributed by atoms with Crippen LogP contribution >= 0.6 is 0 Å². The van der Waals surface area contributed by atoms with Gasteiger partial charge in [-0.2, -0.15) is 5.10 Å². The lowest BCUT2D eigenvalue weighted by Gasteiger charge is -2.19. The second-order valence-corrected chi connectivity index (χ2v) is 5.43. The molecule has 0 fully saturated rings. The van der Waals surface area contributed by atoms with Crippen LogP contribution in [0.2, 0.25) is 0 Å². The molecule has 128 valence electrons. The number of carbonyl (C=O) groups is 2. The molecule has 0 unspecified atom stereocenters. The highest BCUT2D eigenvalue weighted by atomic mass is 19.1. The third kappa shape index (κ3) is 3.05. The molecule has 24 heavy (non-hydrogen) atoms. The second-order valence-electron chi connectivity index (χ2n) is 5.43. The van der Waals surface area contributed by atoms with E-state index in [-0.39, 0.29) is 5.69 Å². The van der Waals surface area contributed by atoms with Crippen molar-refractivity contribution in [1.82, 2.24) is 9.78 Å². The number of aromatic nitrogens is 2. The molecule has 0 aliphatic rings. The van der Waals surface area contributed by atoms with E-state index in [1.54, 1.807) is 0 Å². The van der Waals surface area contributed by atoms with Gasteiger partial charge < -0.3 is 15.2 Å². The van der Waals surface area contributed by atoms with E-state index in [2.05, 4.69) is 10.4 Å². The van der Waals surface area contributed by atoms with E-state index < -0.39 is 40.4 Å². The number of aliphatic carboxylic acids is 1. The molecule has 1 aromatic carbocycles. The topological polar surface area (TPSA) is 93.5 Å². The Kier molecular flexibility index (Phi) is 4.54. The molecule has 1 amide bonds. The molecule has 7 nitrogen and oxygen atoms in total. The zero-order valence-electron chi connectivity index (χ0n) is 13.1. The third-order valence-corrected chi connectivity index (χ3v) is 3.43. The maximum Gasteiger partial charge on any atom is 0.331 e. The van der Waals surface area contributed by atoms with E-state index in [4.69, 9.17) is 9.84 Å². The fourth-order valence-corrected chi connectivity index (χ4v) is 1.93. The molecule has 1 heterocycles. The SMILES string of the molecule is COc1c(F)ccc(F)c1C(=O)Nc1cnn(C(C)(C)C(=O)O)c1.